The number of aromatic nitrogens is 1. The number of fused-ring (bicyclic) bond motifs is 1. The summed E-state index contributed by atoms with van der Waals surface area (Å²) in [5.74, 6) is 0.860. The molecule has 0 amide bonds. The normalized spacial score (nSPS) is 21.6. The molecule has 2 aromatic rings. The van der Waals surface area contributed by atoms with Crippen LogP contribution in [0.5, 0.6) is 0 Å². The highest BCUT2D eigenvalue weighted by molar-refractivity contribution is 7.89. The van der Waals surface area contributed by atoms with Crippen LogP contribution < -0.4 is 10.0 Å². The van der Waals surface area contributed by atoms with E-state index in [0.29, 0.717) is 13.2 Å². The number of primary sulfonamides is 1. The second-order valence-corrected chi connectivity index (χ2v) is 9.65. The second-order valence-electron chi connectivity index (χ2n) is 8.09. The fourth-order valence-electron chi connectivity index (χ4n) is 4.66. The van der Waals surface area contributed by atoms with Gasteiger partial charge >= 0.3 is 0 Å². The zero-order valence-corrected chi connectivity index (χ0v) is 18.7. The minimum Gasteiger partial charge on any atom is -0.378 e. The molecule has 10 heteroatoms. The zero-order chi connectivity index (χ0) is 22.3. The summed E-state index contributed by atoms with van der Waals surface area (Å²) in [7, 11) is -1.74. The van der Waals surface area contributed by atoms with Crippen LogP contribution in [0.25, 0.3) is 5.70 Å². The molecule has 3 aliphatic heterocycles. The Morgan fingerprint density at radius 1 is 1.09 bits per heavy atom. The molecule has 0 aliphatic carbocycles. The SMILES string of the molecule is CN1C(N2CCOCC2)=NC(c2cccc(S(N)(=O)=O)c2)=C2CCN(c3ccncc3)C21. The lowest BCUT2D eigenvalue weighted by Gasteiger charge is -2.43. The van der Waals surface area contributed by atoms with Crippen LogP contribution >= 0.6 is 0 Å². The Kier molecular flexibility index (Phi) is 5.36. The van der Waals surface area contributed by atoms with Crippen molar-refractivity contribution >= 4 is 27.4 Å². The highest BCUT2D eigenvalue weighted by atomic mass is 32.2. The van der Waals surface area contributed by atoms with Gasteiger partial charge in [-0.15, -0.1) is 0 Å². The summed E-state index contributed by atoms with van der Waals surface area (Å²) in [5.41, 5.74) is 3.82. The van der Waals surface area contributed by atoms with Gasteiger partial charge in [0.2, 0.25) is 16.0 Å². The van der Waals surface area contributed by atoms with E-state index in [1.54, 1.807) is 24.5 Å². The van der Waals surface area contributed by atoms with Crippen molar-refractivity contribution in [1.29, 1.82) is 0 Å². The van der Waals surface area contributed by atoms with Crippen LogP contribution in [0.15, 0.2) is 64.3 Å². The maximum absolute atomic E-state index is 12.0. The number of morpholine rings is 1. The third kappa shape index (κ3) is 3.74. The first-order valence-corrected chi connectivity index (χ1v) is 12.2. The van der Waals surface area contributed by atoms with Crippen LogP contribution in [0.3, 0.4) is 0 Å². The van der Waals surface area contributed by atoms with E-state index in [2.05, 4.69) is 26.7 Å². The number of hydrogen-bond acceptors (Lipinski definition) is 8. The van der Waals surface area contributed by atoms with Gasteiger partial charge in [0.15, 0.2) is 0 Å². The van der Waals surface area contributed by atoms with Gasteiger partial charge in [0.1, 0.15) is 6.17 Å². The van der Waals surface area contributed by atoms with E-state index in [1.165, 1.54) is 6.07 Å². The number of nitrogens with two attached hydrogens (primary N) is 1. The van der Waals surface area contributed by atoms with Crippen LogP contribution in [0.1, 0.15) is 12.0 Å². The Balaban J connectivity index is 1.64. The third-order valence-electron chi connectivity index (χ3n) is 6.15. The van der Waals surface area contributed by atoms with E-state index in [-0.39, 0.29) is 11.1 Å². The molecule has 2 fully saturated rings. The Hall–Kier alpha value is -2.95. The lowest BCUT2D eigenvalue weighted by Crippen LogP contribution is -2.56. The molecule has 1 atom stereocenters. The molecule has 1 unspecified atom stereocenters. The highest BCUT2D eigenvalue weighted by Gasteiger charge is 2.40. The molecule has 32 heavy (non-hydrogen) atoms. The molecule has 0 spiro atoms. The summed E-state index contributed by atoms with van der Waals surface area (Å²) in [6.07, 6.45) is 4.40. The highest BCUT2D eigenvalue weighted by Crippen LogP contribution is 2.39. The first-order valence-electron chi connectivity index (χ1n) is 10.6. The van der Waals surface area contributed by atoms with E-state index in [4.69, 9.17) is 14.9 Å². The summed E-state index contributed by atoms with van der Waals surface area (Å²) in [6, 6.07) is 10.8. The van der Waals surface area contributed by atoms with E-state index in [0.717, 1.165) is 54.5 Å². The van der Waals surface area contributed by atoms with Gasteiger partial charge in [0.05, 0.1) is 23.8 Å². The molecule has 0 radical (unpaired) electrons. The van der Waals surface area contributed by atoms with Gasteiger partial charge in [-0.05, 0) is 30.7 Å². The molecular formula is C22H26N6O3S. The maximum atomic E-state index is 12.0. The number of ether oxygens (including phenoxy) is 1. The summed E-state index contributed by atoms with van der Waals surface area (Å²) < 4.78 is 29.5. The maximum Gasteiger partial charge on any atom is 0.238 e. The lowest BCUT2D eigenvalue weighted by atomic mass is 10.0. The molecule has 1 aromatic carbocycles. The average Bonchev–Trinajstić information content (AvgIpc) is 3.26. The summed E-state index contributed by atoms with van der Waals surface area (Å²) in [5, 5.41) is 5.40. The lowest BCUT2D eigenvalue weighted by molar-refractivity contribution is 0.0620. The van der Waals surface area contributed by atoms with Crippen LogP contribution in [0, 0.1) is 0 Å². The third-order valence-corrected chi connectivity index (χ3v) is 7.06. The molecule has 168 valence electrons. The van der Waals surface area contributed by atoms with Gasteiger partial charge in [-0.25, -0.2) is 18.5 Å². The molecule has 1 aromatic heterocycles. The second kappa shape index (κ2) is 8.19. The minimum atomic E-state index is -3.81. The first kappa shape index (κ1) is 20.9. The standard InChI is InChI=1S/C22H26N6O3S/c1-26-21-19(7-10-28(21)17-5-8-24-9-6-17)20(25-22(26)27-11-13-31-14-12-27)16-3-2-4-18(15-16)32(23,29)30/h2-6,8-9,15,21H,7,10-14H2,1H3,(H2,23,29,30). The quantitative estimate of drug-likeness (QED) is 0.746. The number of hydrogen-bond donors (Lipinski definition) is 1. The van der Waals surface area contributed by atoms with Crippen LogP contribution in [-0.2, 0) is 14.8 Å². The molecular weight excluding hydrogens is 428 g/mol. The predicted octanol–water partition coefficient (Wildman–Crippen LogP) is 1.31. The molecule has 9 nitrogen and oxygen atoms in total. The number of aliphatic imine (C=N–C) groups is 1. The van der Waals surface area contributed by atoms with Crippen molar-refractivity contribution in [2.45, 2.75) is 17.5 Å². The van der Waals surface area contributed by atoms with Crippen LogP contribution in [-0.4, -0.2) is 75.2 Å². The fraction of sp³-hybridized carbons (Fsp3) is 0.364. The average molecular weight is 455 g/mol. The monoisotopic (exact) mass is 454 g/mol. The predicted molar refractivity (Wildman–Crippen MR) is 122 cm³/mol. The van der Waals surface area contributed by atoms with Crippen molar-refractivity contribution < 1.29 is 13.2 Å². The Morgan fingerprint density at radius 3 is 2.56 bits per heavy atom. The Morgan fingerprint density at radius 2 is 1.84 bits per heavy atom. The van der Waals surface area contributed by atoms with Crippen molar-refractivity contribution in [2.24, 2.45) is 10.1 Å². The number of pyridine rings is 1. The van der Waals surface area contributed by atoms with Gasteiger partial charge in [-0.2, -0.15) is 0 Å². The molecule has 5 rings (SSSR count). The van der Waals surface area contributed by atoms with Crippen molar-refractivity contribution in [3.8, 4) is 0 Å². The smallest absolute Gasteiger partial charge is 0.238 e. The molecule has 3 aliphatic rings. The number of anilines is 1. The van der Waals surface area contributed by atoms with Gasteiger partial charge in [0.25, 0.3) is 0 Å². The van der Waals surface area contributed by atoms with Gasteiger partial charge in [0, 0.05) is 55.9 Å². The van der Waals surface area contributed by atoms with Crippen molar-refractivity contribution in [3.63, 3.8) is 0 Å². The van der Waals surface area contributed by atoms with Crippen molar-refractivity contribution in [2.75, 3.05) is 44.8 Å². The number of benzene rings is 1. The molecule has 0 bridgehead atoms. The number of sulfonamides is 1. The van der Waals surface area contributed by atoms with Crippen LogP contribution in [0.2, 0.25) is 0 Å². The molecule has 2 N–H and O–H groups in total. The summed E-state index contributed by atoms with van der Waals surface area (Å²) in [6.45, 7) is 3.64. The topological polar surface area (TPSA) is 104 Å². The number of guanidine groups is 1. The summed E-state index contributed by atoms with van der Waals surface area (Å²) in [4.78, 5) is 16.1. The Labute approximate surface area is 187 Å². The number of nitrogens with zero attached hydrogens (tertiary/aromatic N) is 5. The minimum absolute atomic E-state index is 0.0270. The van der Waals surface area contributed by atoms with Gasteiger partial charge < -0.3 is 19.4 Å². The van der Waals surface area contributed by atoms with Crippen LogP contribution in [0.4, 0.5) is 5.69 Å². The largest absolute Gasteiger partial charge is 0.378 e. The number of rotatable bonds is 3. The van der Waals surface area contributed by atoms with E-state index in [9.17, 15) is 8.42 Å². The Bertz CT molecular complexity index is 1180. The van der Waals surface area contributed by atoms with Gasteiger partial charge in [-0.3, -0.25) is 4.98 Å². The van der Waals surface area contributed by atoms with Gasteiger partial charge in [-0.1, -0.05) is 12.1 Å². The van der Waals surface area contributed by atoms with E-state index < -0.39 is 10.0 Å². The molecule has 4 heterocycles. The van der Waals surface area contributed by atoms with Crippen molar-refractivity contribution in [3.05, 3.63) is 59.9 Å². The van der Waals surface area contributed by atoms with E-state index in [1.807, 2.05) is 18.2 Å². The molecule has 2 saturated heterocycles. The zero-order valence-electron chi connectivity index (χ0n) is 17.9. The summed E-state index contributed by atoms with van der Waals surface area (Å²) >= 11 is 0. The van der Waals surface area contributed by atoms with E-state index >= 15 is 0 Å². The van der Waals surface area contributed by atoms with Crippen molar-refractivity contribution in [1.82, 2.24) is 14.8 Å². The first-order chi connectivity index (χ1) is 15.4. The number of likely N-dealkylation sites (N-methyl/N-ethyl adjacent to an activating group) is 1. The fourth-order valence-corrected chi connectivity index (χ4v) is 5.22. The molecule has 0 saturated carbocycles.